The molecule has 7 heteroatoms. The van der Waals surface area contributed by atoms with Crippen molar-refractivity contribution in [2.24, 2.45) is 0 Å². The first-order valence-electron chi connectivity index (χ1n) is 9.20. The van der Waals surface area contributed by atoms with Crippen LogP contribution in [-0.4, -0.2) is 34.1 Å². The number of carbonyl (C=O) groups excluding carboxylic acids is 1. The van der Waals surface area contributed by atoms with Crippen LogP contribution in [0.3, 0.4) is 0 Å². The van der Waals surface area contributed by atoms with Crippen molar-refractivity contribution in [3.05, 3.63) is 70.7 Å². The quantitative estimate of drug-likeness (QED) is 0.652. The molecule has 3 aromatic rings. The molecule has 0 saturated carbocycles. The van der Waals surface area contributed by atoms with Crippen LogP contribution in [0.2, 0.25) is 0 Å². The second-order valence-corrected chi connectivity index (χ2v) is 7.92. The maximum atomic E-state index is 14.0. The zero-order valence-corrected chi connectivity index (χ0v) is 16.0. The number of aromatic nitrogens is 2. The number of likely N-dealkylation sites (tertiary alicyclic amines) is 1. The second-order valence-electron chi connectivity index (χ2n) is 6.91. The lowest BCUT2D eigenvalue weighted by atomic mass is 9.98. The summed E-state index contributed by atoms with van der Waals surface area (Å²) in [6, 6.07) is 12.5. The highest BCUT2D eigenvalue weighted by Crippen LogP contribution is 2.33. The number of hydrogen-bond acceptors (Lipinski definition) is 4. The first-order chi connectivity index (χ1) is 13.6. The second kappa shape index (κ2) is 8.14. The molecule has 2 heterocycles. The van der Waals surface area contributed by atoms with Crippen molar-refractivity contribution in [2.75, 3.05) is 13.1 Å². The van der Waals surface area contributed by atoms with Gasteiger partial charge >= 0.3 is 0 Å². The Bertz CT molecular complexity index is 974. The predicted octanol–water partition coefficient (Wildman–Crippen LogP) is 4.43. The normalized spacial score (nSPS) is 16.9. The summed E-state index contributed by atoms with van der Waals surface area (Å²) in [6.07, 6.45) is 2.06. The van der Waals surface area contributed by atoms with Crippen molar-refractivity contribution in [2.45, 2.75) is 25.2 Å². The van der Waals surface area contributed by atoms with Gasteiger partial charge in [0.15, 0.2) is 5.01 Å². The smallest absolute Gasteiger partial charge is 0.227 e. The van der Waals surface area contributed by atoms with Crippen molar-refractivity contribution in [3.63, 3.8) is 0 Å². The summed E-state index contributed by atoms with van der Waals surface area (Å²) in [5.41, 5.74) is 1.25. The molecule has 0 radical (unpaired) electrons. The number of hydrogen-bond donors (Lipinski definition) is 0. The number of carbonyl (C=O) groups is 1. The van der Waals surface area contributed by atoms with Gasteiger partial charge in [-0.25, -0.2) is 8.78 Å². The Morgan fingerprint density at radius 2 is 1.89 bits per heavy atom. The van der Waals surface area contributed by atoms with Gasteiger partial charge in [0.2, 0.25) is 5.91 Å². The topological polar surface area (TPSA) is 46.1 Å². The summed E-state index contributed by atoms with van der Waals surface area (Å²) in [7, 11) is 0. The molecule has 1 aromatic heterocycles. The van der Waals surface area contributed by atoms with Gasteiger partial charge in [0.1, 0.15) is 16.6 Å². The fourth-order valence-corrected chi connectivity index (χ4v) is 4.43. The van der Waals surface area contributed by atoms with E-state index < -0.39 is 0 Å². The van der Waals surface area contributed by atoms with Crippen LogP contribution in [0.25, 0.3) is 10.6 Å². The van der Waals surface area contributed by atoms with Crippen molar-refractivity contribution >= 4 is 17.2 Å². The highest BCUT2D eigenvalue weighted by atomic mass is 32.1. The van der Waals surface area contributed by atoms with Gasteiger partial charge in [0, 0.05) is 24.6 Å². The van der Waals surface area contributed by atoms with Gasteiger partial charge in [-0.3, -0.25) is 4.79 Å². The first-order valence-corrected chi connectivity index (χ1v) is 10.0. The summed E-state index contributed by atoms with van der Waals surface area (Å²) in [5, 5.41) is 9.81. The lowest BCUT2D eigenvalue weighted by molar-refractivity contribution is -0.131. The van der Waals surface area contributed by atoms with Crippen LogP contribution in [0.4, 0.5) is 8.78 Å². The molecule has 0 bridgehead atoms. The average Bonchev–Trinajstić information content (AvgIpc) is 3.20. The lowest BCUT2D eigenvalue weighted by Crippen LogP contribution is -2.39. The summed E-state index contributed by atoms with van der Waals surface area (Å²) >= 11 is 1.38. The van der Waals surface area contributed by atoms with E-state index >= 15 is 0 Å². The molecular weight excluding hydrogens is 380 g/mol. The van der Waals surface area contributed by atoms with Crippen LogP contribution in [0, 0.1) is 11.6 Å². The molecular formula is C21H19F2N3OS. The number of nitrogens with zero attached hydrogens (tertiary/aromatic N) is 3. The number of amides is 1. The van der Waals surface area contributed by atoms with Crippen molar-refractivity contribution < 1.29 is 13.6 Å². The highest BCUT2D eigenvalue weighted by Gasteiger charge is 2.27. The van der Waals surface area contributed by atoms with Crippen LogP contribution < -0.4 is 0 Å². The molecule has 144 valence electrons. The van der Waals surface area contributed by atoms with Crippen LogP contribution in [0.1, 0.15) is 29.3 Å². The van der Waals surface area contributed by atoms with E-state index in [4.69, 9.17) is 0 Å². The third kappa shape index (κ3) is 4.09. The van der Waals surface area contributed by atoms with Gasteiger partial charge in [0.25, 0.3) is 0 Å². The summed E-state index contributed by atoms with van der Waals surface area (Å²) in [6.45, 7) is 1.28. The van der Waals surface area contributed by atoms with E-state index in [-0.39, 0.29) is 29.9 Å². The van der Waals surface area contributed by atoms with Gasteiger partial charge < -0.3 is 4.90 Å². The van der Waals surface area contributed by atoms with E-state index in [1.807, 2.05) is 4.90 Å². The maximum absolute atomic E-state index is 14.0. The van der Waals surface area contributed by atoms with E-state index in [1.54, 1.807) is 30.3 Å². The third-order valence-corrected chi connectivity index (χ3v) is 6.06. The van der Waals surface area contributed by atoms with E-state index in [2.05, 4.69) is 10.2 Å². The fourth-order valence-electron chi connectivity index (χ4n) is 3.44. The molecule has 0 aliphatic carbocycles. The number of piperidine rings is 1. The Morgan fingerprint density at radius 1 is 1.11 bits per heavy atom. The van der Waals surface area contributed by atoms with Gasteiger partial charge in [-0.1, -0.05) is 35.6 Å². The van der Waals surface area contributed by atoms with Crippen LogP contribution >= 0.6 is 11.3 Å². The maximum Gasteiger partial charge on any atom is 0.227 e. The molecule has 1 saturated heterocycles. The molecule has 0 spiro atoms. The molecule has 4 rings (SSSR count). The Morgan fingerprint density at radius 3 is 2.68 bits per heavy atom. The van der Waals surface area contributed by atoms with Crippen molar-refractivity contribution in [3.8, 4) is 10.6 Å². The molecule has 4 nitrogen and oxygen atoms in total. The van der Waals surface area contributed by atoms with E-state index in [1.165, 1.54) is 29.5 Å². The minimum absolute atomic E-state index is 0.0233. The molecule has 1 amide bonds. The molecule has 1 aliphatic heterocycles. The fraction of sp³-hybridized carbons (Fsp3) is 0.286. The highest BCUT2D eigenvalue weighted by molar-refractivity contribution is 7.14. The van der Waals surface area contributed by atoms with Gasteiger partial charge in [-0.2, -0.15) is 0 Å². The molecule has 0 N–H and O–H groups in total. The van der Waals surface area contributed by atoms with Gasteiger partial charge in [-0.05, 0) is 42.7 Å². The summed E-state index contributed by atoms with van der Waals surface area (Å²) in [4.78, 5) is 14.5. The monoisotopic (exact) mass is 399 g/mol. The molecule has 1 unspecified atom stereocenters. The van der Waals surface area contributed by atoms with Gasteiger partial charge in [-0.15, -0.1) is 10.2 Å². The largest absolute Gasteiger partial charge is 0.342 e. The first kappa shape index (κ1) is 18.7. The summed E-state index contributed by atoms with van der Waals surface area (Å²) in [5.74, 6) is -0.500. The van der Waals surface area contributed by atoms with E-state index in [9.17, 15) is 13.6 Å². The zero-order valence-electron chi connectivity index (χ0n) is 15.1. The third-order valence-electron chi connectivity index (χ3n) is 4.94. The van der Waals surface area contributed by atoms with Crippen LogP contribution in [-0.2, 0) is 11.2 Å². The Balaban J connectivity index is 1.44. The van der Waals surface area contributed by atoms with Crippen molar-refractivity contribution in [1.82, 2.24) is 15.1 Å². The van der Waals surface area contributed by atoms with E-state index in [0.717, 1.165) is 23.4 Å². The number of rotatable bonds is 4. The van der Waals surface area contributed by atoms with Crippen LogP contribution in [0.15, 0.2) is 48.5 Å². The molecule has 1 aliphatic rings. The molecule has 1 atom stereocenters. The lowest BCUT2D eigenvalue weighted by Gasteiger charge is -2.31. The summed E-state index contributed by atoms with van der Waals surface area (Å²) < 4.78 is 27.0. The number of benzene rings is 2. The Hall–Kier alpha value is -2.67. The SMILES string of the molecule is O=C(Cc1ccc(F)cc1)N1CCCC(c2nnc(-c3ccccc3F)s2)C1. The Labute approximate surface area is 165 Å². The van der Waals surface area contributed by atoms with E-state index in [0.29, 0.717) is 23.7 Å². The molecule has 2 aromatic carbocycles. The molecule has 1 fully saturated rings. The molecule has 28 heavy (non-hydrogen) atoms. The number of halogens is 2. The standard InChI is InChI=1S/C21H19F2N3OS/c22-16-9-7-14(8-10-16)12-19(27)26-11-3-4-15(13-26)20-24-25-21(28-20)17-5-1-2-6-18(17)23/h1-2,5-10,15H,3-4,11-13H2. The predicted molar refractivity (Wildman–Crippen MR) is 104 cm³/mol. The average molecular weight is 399 g/mol. The van der Waals surface area contributed by atoms with Gasteiger partial charge in [0.05, 0.1) is 6.42 Å². The van der Waals surface area contributed by atoms with Crippen LogP contribution in [0.5, 0.6) is 0 Å². The zero-order chi connectivity index (χ0) is 19.5. The minimum atomic E-state index is -0.315. The minimum Gasteiger partial charge on any atom is -0.342 e. The van der Waals surface area contributed by atoms with Crippen molar-refractivity contribution in [1.29, 1.82) is 0 Å². The Kier molecular flexibility index (Phi) is 5.43.